The number of nitrogens with zero attached hydrogens (tertiary/aromatic N) is 5. The van der Waals surface area contributed by atoms with Gasteiger partial charge in [0.15, 0.2) is 5.82 Å². The summed E-state index contributed by atoms with van der Waals surface area (Å²) in [6.07, 6.45) is 6.90. The molecule has 1 N–H and O–H groups in total. The standard InChI is InChI=1S/C24H32N6O/c1-15-8-10-29(11-9-15)22(23-26-27-28-30(23)18-6-4-5-7-18)20-14-19-17(3)12-16(2)13-21(19)25-24(20)31/h12-15,18,22H,4-11H2,1-3H3,(H,25,31). The first-order chi connectivity index (χ1) is 15.0. The van der Waals surface area contributed by atoms with Gasteiger partial charge in [0.2, 0.25) is 0 Å². The fourth-order valence-corrected chi connectivity index (χ4v) is 5.47. The van der Waals surface area contributed by atoms with Crippen molar-refractivity contribution in [2.24, 2.45) is 5.92 Å². The molecule has 1 unspecified atom stereocenters. The Morgan fingerprint density at radius 2 is 1.81 bits per heavy atom. The third-order valence-corrected chi connectivity index (χ3v) is 7.25. The number of aryl methyl sites for hydroxylation is 2. The number of fused-ring (bicyclic) bond motifs is 1. The summed E-state index contributed by atoms with van der Waals surface area (Å²) in [6, 6.07) is 6.41. The SMILES string of the molecule is Cc1cc(C)c2cc(C(c3nnnn3C3CCCC3)N3CCC(C)CC3)c(=O)[nH]c2c1. The number of benzene rings is 1. The summed E-state index contributed by atoms with van der Waals surface area (Å²) >= 11 is 0. The summed E-state index contributed by atoms with van der Waals surface area (Å²) in [4.78, 5) is 18.9. The molecule has 2 fully saturated rings. The van der Waals surface area contributed by atoms with Crippen molar-refractivity contribution in [1.82, 2.24) is 30.1 Å². The lowest BCUT2D eigenvalue weighted by Crippen LogP contribution is -2.40. The molecule has 31 heavy (non-hydrogen) atoms. The Morgan fingerprint density at radius 1 is 1.06 bits per heavy atom. The zero-order chi connectivity index (χ0) is 21.5. The van der Waals surface area contributed by atoms with Gasteiger partial charge in [-0.05, 0) is 92.2 Å². The summed E-state index contributed by atoms with van der Waals surface area (Å²) < 4.78 is 2.02. The van der Waals surface area contributed by atoms with Crippen LogP contribution in [0.4, 0.5) is 0 Å². The smallest absolute Gasteiger partial charge is 0.253 e. The highest BCUT2D eigenvalue weighted by molar-refractivity contribution is 5.83. The van der Waals surface area contributed by atoms with Crippen LogP contribution >= 0.6 is 0 Å². The molecule has 1 aromatic carbocycles. The molecule has 3 aromatic rings. The van der Waals surface area contributed by atoms with E-state index >= 15 is 0 Å². The molecule has 0 radical (unpaired) electrons. The van der Waals surface area contributed by atoms with Gasteiger partial charge >= 0.3 is 0 Å². The fourth-order valence-electron chi connectivity index (χ4n) is 5.47. The minimum Gasteiger partial charge on any atom is -0.322 e. The van der Waals surface area contributed by atoms with Gasteiger partial charge in [0, 0.05) is 16.5 Å². The molecule has 7 nitrogen and oxygen atoms in total. The second-order valence-corrected chi connectivity index (χ2v) is 9.64. The molecular formula is C24H32N6O. The molecule has 0 bridgehead atoms. The summed E-state index contributed by atoms with van der Waals surface area (Å²) in [7, 11) is 0. The molecule has 0 amide bonds. The van der Waals surface area contributed by atoms with E-state index in [1.54, 1.807) is 0 Å². The van der Waals surface area contributed by atoms with Crippen molar-refractivity contribution in [3.05, 3.63) is 51.1 Å². The molecule has 3 heterocycles. The van der Waals surface area contributed by atoms with E-state index in [2.05, 4.69) is 58.3 Å². The van der Waals surface area contributed by atoms with E-state index in [1.165, 1.54) is 18.4 Å². The van der Waals surface area contributed by atoms with Gasteiger partial charge in [-0.25, -0.2) is 4.68 Å². The highest BCUT2D eigenvalue weighted by Crippen LogP contribution is 2.35. The molecule has 7 heteroatoms. The maximum Gasteiger partial charge on any atom is 0.253 e. The monoisotopic (exact) mass is 420 g/mol. The van der Waals surface area contributed by atoms with Gasteiger partial charge in [-0.15, -0.1) is 5.10 Å². The fraction of sp³-hybridized carbons (Fsp3) is 0.583. The highest BCUT2D eigenvalue weighted by Gasteiger charge is 2.34. The minimum atomic E-state index is -0.225. The molecule has 1 atom stereocenters. The van der Waals surface area contributed by atoms with Crippen LogP contribution in [-0.2, 0) is 0 Å². The summed E-state index contributed by atoms with van der Waals surface area (Å²) in [5.41, 5.74) is 3.94. The number of hydrogen-bond acceptors (Lipinski definition) is 5. The zero-order valence-corrected chi connectivity index (χ0v) is 18.8. The average Bonchev–Trinajstić information content (AvgIpc) is 3.42. The van der Waals surface area contributed by atoms with Crippen molar-refractivity contribution in [2.75, 3.05) is 13.1 Å². The molecule has 164 valence electrons. The van der Waals surface area contributed by atoms with Crippen LogP contribution in [0.5, 0.6) is 0 Å². The Hall–Kier alpha value is -2.54. The van der Waals surface area contributed by atoms with Crippen molar-refractivity contribution < 1.29 is 0 Å². The first-order valence-corrected chi connectivity index (χ1v) is 11.7. The molecule has 1 aliphatic heterocycles. The summed E-state index contributed by atoms with van der Waals surface area (Å²) in [6.45, 7) is 8.38. The molecule has 1 aliphatic carbocycles. The van der Waals surface area contributed by atoms with Gasteiger partial charge in [-0.2, -0.15) is 0 Å². The normalized spacial score (nSPS) is 20.0. The Morgan fingerprint density at radius 3 is 2.55 bits per heavy atom. The third kappa shape index (κ3) is 3.80. The van der Waals surface area contributed by atoms with Crippen molar-refractivity contribution in [2.45, 2.75) is 71.4 Å². The molecule has 1 saturated carbocycles. The molecular weight excluding hydrogens is 388 g/mol. The van der Waals surface area contributed by atoms with Crippen LogP contribution in [0.1, 0.15) is 80.0 Å². The van der Waals surface area contributed by atoms with E-state index in [0.29, 0.717) is 12.0 Å². The molecule has 2 aromatic heterocycles. The number of nitrogens with one attached hydrogen (secondary N) is 1. The van der Waals surface area contributed by atoms with Crippen molar-refractivity contribution >= 4 is 10.9 Å². The predicted molar refractivity (Wildman–Crippen MR) is 121 cm³/mol. The van der Waals surface area contributed by atoms with Crippen molar-refractivity contribution in [3.8, 4) is 0 Å². The number of aromatic nitrogens is 5. The highest BCUT2D eigenvalue weighted by atomic mass is 16.1. The quantitative estimate of drug-likeness (QED) is 0.688. The predicted octanol–water partition coefficient (Wildman–Crippen LogP) is 4.07. The molecule has 1 saturated heterocycles. The van der Waals surface area contributed by atoms with E-state index in [0.717, 1.165) is 66.6 Å². The molecule has 5 rings (SSSR count). The van der Waals surface area contributed by atoms with Crippen LogP contribution < -0.4 is 5.56 Å². The van der Waals surface area contributed by atoms with Crippen molar-refractivity contribution in [3.63, 3.8) is 0 Å². The number of hydrogen-bond donors (Lipinski definition) is 1. The number of tetrazole rings is 1. The number of piperidine rings is 1. The molecule has 0 spiro atoms. The summed E-state index contributed by atoms with van der Waals surface area (Å²) in [5, 5.41) is 14.1. The largest absolute Gasteiger partial charge is 0.322 e. The second kappa shape index (κ2) is 8.19. The van der Waals surface area contributed by atoms with Crippen LogP contribution in [0.3, 0.4) is 0 Å². The number of H-pyrrole nitrogens is 1. The Kier molecular flexibility index (Phi) is 5.38. The number of likely N-dealkylation sites (tertiary alicyclic amines) is 1. The van der Waals surface area contributed by atoms with Gasteiger partial charge in [0.25, 0.3) is 5.56 Å². The van der Waals surface area contributed by atoms with Gasteiger partial charge in [0.1, 0.15) is 6.04 Å². The lowest BCUT2D eigenvalue weighted by molar-refractivity contribution is 0.147. The minimum absolute atomic E-state index is 0.0397. The van der Waals surface area contributed by atoms with Crippen LogP contribution in [-0.4, -0.2) is 43.2 Å². The lowest BCUT2D eigenvalue weighted by atomic mass is 9.94. The number of rotatable bonds is 4. The third-order valence-electron chi connectivity index (χ3n) is 7.25. The van der Waals surface area contributed by atoms with Crippen LogP contribution in [0.15, 0.2) is 23.0 Å². The second-order valence-electron chi connectivity index (χ2n) is 9.64. The van der Waals surface area contributed by atoms with Crippen LogP contribution in [0, 0.1) is 19.8 Å². The Balaban J connectivity index is 1.66. The first-order valence-electron chi connectivity index (χ1n) is 11.7. The Labute approximate surface area is 182 Å². The van der Waals surface area contributed by atoms with E-state index in [-0.39, 0.29) is 11.6 Å². The average molecular weight is 421 g/mol. The Bertz CT molecular complexity index is 1130. The maximum absolute atomic E-state index is 13.4. The zero-order valence-electron chi connectivity index (χ0n) is 18.8. The van der Waals surface area contributed by atoms with Gasteiger partial charge in [-0.1, -0.05) is 25.8 Å². The number of aromatic amines is 1. The molecule has 2 aliphatic rings. The van der Waals surface area contributed by atoms with E-state index in [1.807, 2.05) is 10.7 Å². The van der Waals surface area contributed by atoms with Gasteiger partial charge in [-0.3, -0.25) is 9.69 Å². The van der Waals surface area contributed by atoms with E-state index in [4.69, 9.17) is 0 Å². The van der Waals surface area contributed by atoms with E-state index in [9.17, 15) is 4.79 Å². The van der Waals surface area contributed by atoms with Crippen LogP contribution in [0.25, 0.3) is 10.9 Å². The number of pyridine rings is 1. The van der Waals surface area contributed by atoms with Crippen molar-refractivity contribution in [1.29, 1.82) is 0 Å². The summed E-state index contributed by atoms with van der Waals surface area (Å²) in [5.74, 6) is 1.53. The first kappa shape index (κ1) is 20.4. The van der Waals surface area contributed by atoms with Gasteiger partial charge < -0.3 is 4.98 Å². The van der Waals surface area contributed by atoms with Crippen LogP contribution in [0.2, 0.25) is 0 Å². The lowest BCUT2D eigenvalue weighted by Gasteiger charge is -2.36. The van der Waals surface area contributed by atoms with E-state index < -0.39 is 0 Å². The maximum atomic E-state index is 13.4. The topological polar surface area (TPSA) is 79.7 Å². The van der Waals surface area contributed by atoms with Gasteiger partial charge in [0.05, 0.1) is 6.04 Å².